The van der Waals surface area contributed by atoms with E-state index in [1.165, 1.54) is 32.1 Å². The monoisotopic (exact) mass is 425 g/mol. The number of halogens is 2. The molecule has 8 heteroatoms. The summed E-state index contributed by atoms with van der Waals surface area (Å²) in [6.45, 7) is 3.41. The summed E-state index contributed by atoms with van der Waals surface area (Å²) < 4.78 is 26.7. The molecule has 0 amide bonds. The second-order valence-electron chi connectivity index (χ2n) is 6.46. The molecule has 0 heterocycles. The number of rotatable bonds is 11. The maximum absolute atomic E-state index is 12.0. The Hall–Kier alpha value is -0.370. The van der Waals surface area contributed by atoms with Crippen molar-refractivity contribution in [2.45, 2.75) is 55.9 Å². The smallest absolute Gasteiger partial charge is 0.240 e. The molecule has 0 aromatic heterocycles. The molecule has 0 saturated heterocycles. The molecular weight excluding hydrogens is 393 g/mol. The molecule has 26 heavy (non-hydrogen) atoms. The highest BCUT2D eigenvalue weighted by Crippen LogP contribution is 2.16. The molecule has 0 spiro atoms. The fraction of sp³-hybridized carbons (Fsp3) is 0.667. The molecule has 0 bridgehead atoms. The maximum Gasteiger partial charge on any atom is 0.240 e. The van der Waals surface area contributed by atoms with Crippen LogP contribution in [0.4, 0.5) is 0 Å². The van der Waals surface area contributed by atoms with Crippen molar-refractivity contribution in [1.82, 2.24) is 15.4 Å². The third-order valence-corrected chi connectivity index (χ3v) is 5.94. The summed E-state index contributed by atoms with van der Waals surface area (Å²) in [4.78, 5) is 0.330. The molecule has 5 nitrogen and oxygen atoms in total. The van der Waals surface area contributed by atoms with Gasteiger partial charge in [0.25, 0.3) is 0 Å². The van der Waals surface area contributed by atoms with Crippen LogP contribution in [0.2, 0.25) is 0 Å². The zero-order chi connectivity index (χ0) is 17.1. The summed E-state index contributed by atoms with van der Waals surface area (Å²) in [7, 11) is -3.35. The van der Waals surface area contributed by atoms with E-state index in [1.807, 2.05) is 6.07 Å². The van der Waals surface area contributed by atoms with Crippen LogP contribution in [0.1, 0.15) is 44.9 Å². The molecule has 0 aliphatic heterocycles. The van der Waals surface area contributed by atoms with E-state index in [0.29, 0.717) is 17.5 Å². The van der Waals surface area contributed by atoms with Gasteiger partial charge in [-0.15, -0.1) is 24.8 Å². The highest BCUT2D eigenvalue weighted by Gasteiger charge is 2.12. The van der Waals surface area contributed by atoms with Gasteiger partial charge in [-0.1, -0.05) is 37.5 Å². The van der Waals surface area contributed by atoms with Crippen LogP contribution in [0.15, 0.2) is 35.2 Å². The minimum absolute atomic E-state index is 0. The first-order valence-corrected chi connectivity index (χ1v) is 10.7. The molecule has 1 aromatic rings. The largest absolute Gasteiger partial charge is 0.315 e. The Bertz CT molecular complexity index is 553. The predicted molar refractivity (Wildman–Crippen MR) is 113 cm³/mol. The summed E-state index contributed by atoms with van der Waals surface area (Å²) in [6.07, 6.45) is 8.58. The Labute approximate surface area is 171 Å². The van der Waals surface area contributed by atoms with Crippen LogP contribution in [0.5, 0.6) is 0 Å². The Morgan fingerprint density at radius 1 is 0.846 bits per heavy atom. The second kappa shape index (κ2) is 14.7. The van der Waals surface area contributed by atoms with Gasteiger partial charge in [0.15, 0.2) is 0 Å². The lowest BCUT2D eigenvalue weighted by molar-refractivity contribution is 0.372. The lowest BCUT2D eigenvalue weighted by Crippen LogP contribution is -2.36. The number of unbranched alkanes of at least 4 members (excludes halogenated alkanes) is 1. The summed E-state index contributed by atoms with van der Waals surface area (Å²) in [5.41, 5.74) is 0. The Balaban J connectivity index is 0.00000312. The quantitative estimate of drug-likeness (QED) is 0.476. The van der Waals surface area contributed by atoms with Crippen molar-refractivity contribution in [2.24, 2.45) is 0 Å². The number of nitrogens with one attached hydrogen (secondary N) is 3. The molecule has 3 N–H and O–H groups in total. The highest BCUT2D eigenvalue weighted by molar-refractivity contribution is 7.89. The predicted octanol–water partition coefficient (Wildman–Crippen LogP) is 3.10. The highest BCUT2D eigenvalue weighted by atomic mass is 35.5. The van der Waals surface area contributed by atoms with Crippen molar-refractivity contribution in [3.8, 4) is 0 Å². The molecule has 0 radical (unpaired) electrons. The van der Waals surface area contributed by atoms with Crippen molar-refractivity contribution in [1.29, 1.82) is 0 Å². The standard InChI is InChI=1S/C18H31N3O2S.2ClH/c22-24(23,18-11-5-2-6-12-18)21-14-8-7-13-19-15-16-20-17-9-3-1-4-10-17;;/h2,5-6,11-12,17,19-21H,1,3-4,7-10,13-16H2;2*1H. The van der Waals surface area contributed by atoms with Gasteiger partial charge in [0.2, 0.25) is 10.0 Å². The minimum atomic E-state index is -3.35. The first-order valence-electron chi connectivity index (χ1n) is 9.17. The van der Waals surface area contributed by atoms with E-state index in [4.69, 9.17) is 0 Å². The van der Waals surface area contributed by atoms with Crippen molar-refractivity contribution >= 4 is 34.8 Å². The fourth-order valence-corrected chi connectivity index (χ4v) is 4.16. The number of hydrogen-bond donors (Lipinski definition) is 3. The zero-order valence-corrected chi connectivity index (χ0v) is 17.7. The lowest BCUT2D eigenvalue weighted by Gasteiger charge is -2.22. The van der Waals surface area contributed by atoms with E-state index in [9.17, 15) is 8.42 Å². The van der Waals surface area contributed by atoms with Gasteiger partial charge in [0, 0.05) is 25.7 Å². The van der Waals surface area contributed by atoms with Gasteiger partial charge in [-0.2, -0.15) is 0 Å². The average molecular weight is 426 g/mol. The molecule has 2 rings (SSSR count). The van der Waals surface area contributed by atoms with E-state index >= 15 is 0 Å². The van der Waals surface area contributed by atoms with Gasteiger partial charge in [-0.25, -0.2) is 13.1 Å². The van der Waals surface area contributed by atoms with E-state index < -0.39 is 10.0 Å². The normalized spacial score (nSPS) is 15.1. The number of benzene rings is 1. The summed E-state index contributed by atoms with van der Waals surface area (Å²) >= 11 is 0. The van der Waals surface area contributed by atoms with Gasteiger partial charge in [0.1, 0.15) is 0 Å². The minimum Gasteiger partial charge on any atom is -0.315 e. The Morgan fingerprint density at radius 2 is 1.50 bits per heavy atom. The van der Waals surface area contributed by atoms with Crippen LogP contribution in [-0.2, 0) is 10.0 Å². The fourth-order valence-electron chi connectivity index (χ4n) is 3.06. The first kappa shape index (κ1) is 25.6. The van der Waals surface area contributed by atoms with E-state index in [2.05, 4.69) is 15.4 Å². The SMILES string of the molecule is Cl.Cl.O=S(=O)(NCCCCNCCNC1CCCCC1)c1ccccc1. The van der Waals surface area contributed by atoms with Gasteiger partial charge in [-0.05, 0) is 44.4 Å². The van der Waals surface area contributed by atoms with Gasteiger partial charge < -0.3 is 10.6 Å². The van der Waals surface area contributed by atoms with E-state index in [-0.39, 0.29) is 24.8 Å². The molecule has 1 aliphatic carbocycles. The van der Waals surface area contributed by atoms with E-state index in [0.717, 1.165) is 32.5 Å². The molecule has 1 saturated carbocycles. The molecule has 1 aliphatic rings. The topological polar surface area (TPSA) is 70.2 Å². The van der Waals surface area contributed by atoms with E-state index in [1.54, 1.807) is 24.3 Å². The molecule has 0 unspecified atom stereocenters. The lowest BCUT2D eigenvalue weighted by atomic mass is 9.95. The van der Waals surface area contributed by atoms with Gasteiger partial charge in [0.05, 0.1) is 4.90 Å². The number of sulfonamides is 1. The molecule has 1 fully saturated rings. The Morgan fingerprint density at radius 3 is 2.19 bits per heavy atom. The van der Waals surface area contributed by atoms with Crippen LogP contribution in [0, 0.1) is 0 Å². The van der Waals surface area contributed by atoms with Crippen LogP contribution in [0.3, 0.4) is 0 Å². The van der Waals surface area contributed by atoms with Crippen molar-refractivity contribution in [3.05, 3.63) is 30.3 Å². The third kappa shape index (κ3) is 10.1. The summed E-state index contributed by atoms with van der Waals surface area (Å²) in [6, 6.07) is 9.23. The van der Waals surface area contributed by atoms with Crippen LogP contribution < -0.4 is 15.4 Å². The number of hydrogen-bond acceptors (Lipinski definition) is 4. The van der Waals surface area contributed by atoms with Crippen molar-refractivity contribution in [3.63, 3.8) is 0 Å². The summed E-state index contributed by atoms with van der Waals surface area (Å²) in [5, 5.41) is 7.02. The van der Waals surface area contributed by atoms with Crippen molar-refractivity contribution < 1.29 is 8.42 Å². The van der Waals surface area contributed by atoms with Gasteiger partial charge >= 0.3 is 0 Å². The summed E-state index contributed by atoms with van der Waals surface area (Å²) in [5.74, 6) is 0. The molecule has 1 aromatic carbocycles. The first-order chi connectivity index (χ1) is 11.7. The van der Waals surface area contributed by atoms with Crippen LogP contribution in [-0.4, -0.2) is 40.6 Å². The Kier molecular flexibility index (Phi) is 14.5. The molecular formula is C18H33Cl2N3O2S. The van der Waals surface area contributed by atoms with Gasteiger partial charge in [-0.3, -0.25) is 0 Å². The van der Waals surface area contributed by atoms with Crippen LogP contribution >= 0.6 is 24.8 Å². The maximum atomic E-state index is 12.0. The molecule has 0 atom stereocenters. The third-order valence-electron chi connectivity index (χ3n) is 4.47. The second-order valence-corrected chi connectivity index (χ2v) is 8.22. The zero-order valence-electron chi connectivity index (χ0n) is 15.3. The molecule has 152 valence electrons. The van der Waals surface area contributed by atoms with Crippen LogP contribution in [0.25, 0.3) is 0 Å². The average Bonchev–Trinajstić information content (AvgIpc) is 2.62. The van der Waals surface area contributed by atoms with Crippen molar-refractivity contribution in [2.75, 3.05) is 26.2 Å².